The van der Waals surface area contributed by atoms with E-state index in [-0.39, 0.29) is 22.8 Å². The summed E-state index contributed by atoms with van der Waals surface area (Å²) < 4.78 is 8.03. The maximum Gasteiger partial charge on any atom is 0.294 e. The molecule has 0 aliphatic carbocycles. The van der Waals surface area contributed by atoms with E-state index in [4.69, 9.17) is 16.3 Å². The number of methoxy groups -OCH3 is 1. The zero-order valence-electron chi connectivity index (χ0n) is 14.8. The molecule has 3 aromatic rings. The normalized spacial score (nSPS) is 11.1. The van der Waals surface area contributed by atoms with Crippen molar-refractivity contribution in [2.45, 2.75) is 0 Å². The molecule has 2 heterocycles. The Labute approximate surface area is 155 Å². The van der Waals surface area contributed by atoms with Gasteiger partial charge in [0.2, 0.25) is 5.65 Å². The van der Waals surface area contributed by atoms with Crippen LogP contribution < -0.4 is 5.56 Å². The minimum Gasteiger partial charge on any atom is -0.383 e. The Morgan fingerprint density at radius 1 is 1.31 bits per heavy atom. The molecule has 0 N–H and O–H groups in total. The van der Waals surface area contributed by atoms with Gasteiger partial charge in [-0.15, -0.1) is 0 Å². The highest BCUT2D eigenvalue weighted by Crippen LogP contribution is 2.26. The molecule has 0 spiro atoms. The van der Waals surface area contributed by atoms with E-state index >= 15 is 0 Å². The molecule has 0 saturated carbocycles. The summed E-state index contributed by atoms with van der Waals surface area (Å²) >= 11 is 6.27. The lowest BCUT2D eigenvalue weighted by atomic mass is 10.1. The number of hydrogen-bond donors (Lipinski definition) is 0. The predicted molar refractivity (Wildman–Crippen MR) is 99.7 cm³/mol. The van der Waals surface area contributed by atoms with Gasteiger partial charge >= 0.3 is 0 Å². The van der Waals surface area contributed by atoms with Crippen molar-refractivity contribution in [3.8, 4) is 11.3 Å². The maximum absolute atomic E-state index is 12.7. The quantitative estimate of drug-likeness (QED) is 0.685. The smallest absolute Gasteiger partial charge is 0.294 e. The van der Waals surface area contributed by atoms with Crippen molar-refractivity contribution in [2.75, 3.05) is 27.3 Å². The van der Waals surface area contributed by atoms with Crippen molar-refractivity contribution in [2.24, 2.45) is 7.05 Å². The molecule has 26 heavy (non-hydrogen) atoms. The van der Waals surface area contributed by atoms with E-state index in [1.807, 2.05) is 18.2 Å². The van der Waals surface area contributed by atoms with Crippen LogP contribution >= 0.6 is 11.6 Å². The first kappa shape index (κ1) is 18.2. The fraction of sp³-hybridized carbons (Fsp3) is 0.278. The van der Waals surface area contributed by atoms with Gasteiger partial charge in [-0.1, -0.05) is 29.8 Å². The molecule has 0 aliphatic heterocycles. The summed E-state index contributed by atoms with van der Waals surface area (Å²) in [4.78, 5) is 30.9. The number of halogens is 1. The van der Waals surface area contributed by atoms with Gasteiger partial charge in [0.1, 0.15) is 5.69 Å². The fourth-order valence-corrected chi connectivity index (χ4v) is 2.91. The average Bonchev–Trinajstić information content (AvgIpc) is 3.07. The molecule has 2 aromatic heterocycles. The third-order valence-electron chi connectivity index (χ3n) is 4.20. The molecule has 136 valence electrons. The number of aromatic nitrogens is 3. The molecule has 1 amide bonds. The topological polar surface area (TPSA) is 68.8 Å². The van der Waals surface area contributed by atoms with Crippen LogP contribution in [0.25, 0.3) is 16.9 Å². The van der Waals surface area contributed by atoms with Crippen LogP contribution in [0.15, 0.2) is 41.5 Å². The van der Waals surface area contributed by atoms with Crippen molar-refractivity contribution in [1.82, 2.24) is 18.9 Å². The van der Waals surface area contributed by atoms with Crippen molar-refractivity contribution in [3.63, 3.8) is 0 Å². The van der Waals surface area contributed by atoms with Gasteiger partial charge < -0.3 is 14.2 Å². The first-order valence-electron chi connectivity index (χ1n) is 8.02. The molecule has 0 radical (unpaired) electrons. The second-order valence-electron chi connectivity index (χ2n) is 5.93. The first-order chi connectivity index (χ1) is 12.4. The summed E-state index contributed by atoms with van der Waals surface area (Å²) in [5, 5.41) is 0.539. The lowest BCUT2D eigenvalue weighted by Crippen LogP contribution is -2.30. The summed E-state index contributed by atoms with van der Waals surface area (Å²) in [5.74, 6) is -0.271. The van der Waals surface area contributed by atoms with Gasteiger partial charge in [0.05, 0.1) is 12.3 Å². The van der Waals surface area contributed by atoms with E-state index in [2.05, 4.69) is 4.98 Å². The van der Waals surface area contributed by atoms with E-state index in [1.165, 1.54) is 9.47 Å². The van der Waals surface area contributed by atoms with E-state index in [0.29, 0.717) is 23.9 Å². The number of ether oxygens (including phenoxy) is 1. The Hall–Kier alpha value is -2.64. The van der Waals surface area contributed by atoms with Gasteiger partial charge in [0.25, 0.3) is 11.5 Å². The largest absolute Gasteiger partial charge is 0.383 e. The fourth-order valence-electron chi connectivity index (χ4n) is 2.68. The summed E-state index contributed by atoms with van der Waals surface area (Å²) in [5.41, 5.74) is 1.46. The Morgan fingerprint density at radius 3 is 2.73 bits per heavy atom. The number of imidazole rings is 1. The Kier molecular flexibility index (Phi) is 5.11. The molecule has 0 bridgehead atoms. The highest BCUT2D eigenvalue weighted by Gasteiger charge is 2.18. The number of hydrogen-bond acceptors (Lipinski definition) is 4. The molecule has 0 saturated heterocycles. The van der Waals surface area contributed by atoms with Gasteiger partial charge in [-0.3, -0.25) is 14.0 Å². The Morgan fingerprint density at radius 2 is 2.04 bits per heavy atom. The van der Waals surface area contributed by atoms with E-state index in [0.717, 1.165) is 5.56 Å². The van der Waals surface area contributed by atoms with Crippen LogP contribution in [-0.4, -0.2) is 52.1 Å². The molecular weight excluding hydrogens is 356 g/mol. The number of amides is 1. The summed E-state index contributed by atoms with van der Waals surface area (Å²) in [6.45, 7) is 0.861. The minimum absolute atomic E-state index is 0.187. The Bertz CT molecular complexity index is 1020. The van der Waals surface area contributed by atoms with Crippen LogP contribution in [0.3, 0.4) is 0 Å². The second kappa shape index (κ2) is 7.31. The number of carbonyl (C=O) groups is 1. The number of likely N-dealkylation sites (N-methyl/N-ethyl adjacent to an activating group) is 1. The van der Waals surface area contributed by atoms with E-state index in [1.54, 1.807) is 44.1 Å². The van der Waals surface area contributed by atoms with Gasteiger partial charge in [-0.2, -0.15) is 0 Å². The predicted octanol–water partition coefficient (Wildman–Crippen LogP) is 2.07. The molecule has 0 unspecified atom stereocenters. The summed E-state index contributed by atoms with van der Waals surface area (Å²) in [7, 11) is 4.89. The maximum atomic E-state index is 12.7. The van der Waals surface area contributed by atoms with Gasteiger partial charge in [-0.25, -0.2) is 4.98 Å². The first-order valence-corrected chi connectivity index (χ1v) is 8.40. The van der Waals surface area contributed by atoms with Crippen LogP contribution in [-0.2, 0) is 11.8 Å². The van der Waals surface area contributed by atoms with Crippen LogP contribution in [0.5, 0.6) is 0 Å². The summed E-state index contributed by atoms with van der Waals surface area (Å²) in [6.07, 6.45) is 3.31. The zero-order valence-corrected chi connectivity index (χ0v) is 15.5. The van der Waals surface area contributed by atoms with Crippen LogP contribution in [0.2, 0.25) is 5.02 Å². The molecular formula is C18H19ClN4O3. The molecule has 8 heteroatoms. The lowest BCUT2D eigenvalue weighted by molar-refractivity contribution is 0.0739. The highest BCUT2D eigenvalue weighted by molar-refractivity contribution is 6.33. The van der Waals surface area contributed by atoms with Gasteiger partial charge in [0.15, 0.2) is 0 Å². The average molecular weight is 375 g/mol. The lowest BCUT2D eigenvalue weighted by Gasteiger charge is -2.14. The van der Waals surface area contributed by atoms with E-state index < -0.39 is 0 Å². The number of nitrogens with zero attached hydrogens (tertiary/aromatic N) is 4. The van der Waals surface area contributed by atoms with Crippen molar-refractivity contribution < 1.29 is 9.53 Å². The molecule has 0 aliphatic rings. The van der Waals surface area contributed by atoms with E-state index in [9.17, 15) is 9.59 Å². The van der Waals surface area contributed by atoms with Crippen molar-refractivity contribution >= 4 is 23.2 Å². The molecule has 7 nitrogen and oxygen atoms in total. The molecule has 0 fully saturated rings. The summed E-state index contributed by atoms with van der Waals surface area (Å²) in [6, 6.07) is 7.28. The number of rotatable bonds is 5. The third kappa shape index (κ3) is 3.23. The van der Waals surface area contributed by atoms with Crippen molar-refractivity contribution in [1.29, 1.82) is 0 Å². The molecule has 1 aromatic carbocycles. The highest BCUT2D eigenvalue weighted by atomic mass is 35.5. The molecule has 0 atom stereocenters. The van der Waals surface area contributed by atoms with Crippen molar-refractivity contribution in [3.05, 3.63) is 57.7 Å². The number of carbonyl (C=O) groups excluding carboxylic acids is 1. The Balaban J connectivity index is 2.08. The number of benzene rings is 1. The van der Waals surface area contributed by atoms with Crippen LogP contribution in [0.4, 0.5) is 0 Å². The SMILES string of the molecule is COCCN(C)C(=O)c1cn2cc(-c3ccccc3Cl)n(C)c(=O)c2n1. The molecule has 3 rings (SSSR count). The zero-order chi connectivity index (χ0) is 18.8. The standard InChI is InChI=1S/C18H19ClN4O3/c1-21(8-9-26-3)17(24)14-10-23-11-15(12-6-4-5-7-13(12)19)22(2)18(25)16(23)20-14/h4-7,10-11H,8-9H2,1-3H3. The monoisotopic (exact) mass is 374 g/mol. The minimum atomic E-state index is -0.305. The number of fused-ring (bicyclic) bond motifs is 1. The van der Waals surface area contributed by atoms with Crippen LogP contribution in [0, 0.1) is 0 Å². The van der Waals surface area contributed by atoms with Gasteiger partial charge in [-0.05, 0) is 6.07 Å². The van der Waals surface area contributed by atoms with Gasteiger partial charge in [0, 0.05) is 50.7 Å². The van der Waals surface area contributed by atoms with Crippen LogP contribution in [0.1, 0.15) is 10.5 Å². The third-order valence-corrected chi connectivity index (χ3v) is 4.53. The second-order valence-corrected chi connectivity index (χ2v) is 6.34.